The van der Waals surface area contributed by atoms with E-state index in [9.17, 15) is 4.79 Å². The molecule has 1 N–H and O–H groups in total. The van der Waals surface area contributed by atoms with E-state index in [1.165, 1.54) is 0 Å². The first-order valence-corrected chi connectivity index (χ1v) is 6.94. The van der Waals surface area contributed by atoms with Gasteiger partial charge in [-0.1, -0.05) is 30.1 Å². The maximum absolute atomic E-state index is 12.1. The second-order valence-electron chi connectivity index (χ2n) is 5.07. The molecule has 1 aliphatic heterocycles. The van der Waals surface area contributed by atoms with Crippen LogP contribution in [0.3, 0.4) is 0 Å². The third kappa shape index (κ3) is 3.81. The van der Waals surface area contributed by atoms with Crippen LogP contribution in [0.4, 0.5) is 0 Å². The molecule has 0 bridgehead atoms. The smallest absolute Gasteiger partial charge is 0.271 e. The molecule has 0 unspecified atom stereocenters. The van der Waals surface area contributed by atoms with Crippen molar-refractivity contribution in [1.82, 2.24) is 10.3 Å². The normalized spacial score (nSPS) is 18.1. The molecule has 1 amide bonds. The first-order chi connectivity index (χ1) is 9.00. The average Bonchev–Trinajstić information content (AvgIpc) is 2.40. The number of pyridine rings is 1. The minimum Gasteiger partial charge on any atom is -0.381 e. The molecule has 0 radical (unpaired) electrons. The maximum Gasteiger partial charge on any atom is 0.271 e. The summed E-state index contributed by atoms with van der Waals surface area (Å²) in [7, 11) is 0. The highest BCUT2D eigenvalue weighted by Gasteiger charge is 2.28. The summed E-state index contributed by atoms with van der Waals surface area (Å²) in [6, 6.07) is 3.13. The van der Waals surface area contributed by atoms with Crippen molar-refractivity contribution in [2.24, 2.45) is 5.41 Å². The van der Waals surface area contributed by atoms with E-state index in [0.29, 0.717) is 11.6 Å². The fourth-order valence-corrected chi connectivity index (χ4v) is 2.33. The number of nitrogens with zero attached hydrogens (tertiary/aromatic N) is 1. The summed E-state index contributed by atoms with van der Waals surface area (Å²) in [5.74, 6) is -0.291. The monoisotopic (exact) mass is 302 g/mol. The lowest BCUT2D eigenvalue weighted by atomic mass is 9.82. The number of carbonyl (C=O) groups excluding carboxylic acids is 1. The van der Waals surface area contributed by atoms with E-state index in [1.807, 2.05) is 0 Å². The van der Waals surface area contributed by atoms with E-state index in [-0.39, 0.29) is 22.2 Å². The highest BCUT2D eigenvalue weighted by Crippen LogP contribution is 2.28. The Balaban J connectivity index is 1.99. The van der Waals surface area contributed by atoms with Gasteiger partial charge < -0.3 is 10.1 Å². The molecule has 1 aromatic heterocycles. The van der Waals surface area contributed by atoms with Crippen LogP contribution in [0.2, 0.25) is 10.2 Å². The van der Waals surface area contributed by atoms with Crippen LogP contribution in [0.1, 0.15) is 30.3 Å². The van der Waals surface area contributed by atoms with E-state index >= 15 is 0 Å². The number of carbonyl (C=O) groups is 1. The summed E-state index contributed by atoms with van der Waals surface area (Å²) >= 11 is 11.7. The van der Waals surface area contributed by atoms with Crippen molar-refractivity contribution in [3.05, 3.63) is 28.0 Å². The van der Waals surface area contributed by atoms with Crippen LogP contribution in [-0.2, 0) is 4.74 Å². The molecule has 1 aliphatic rings. The fraction of sp³-hybridized carbons (Fsp3) is 0.538. The van der Waals surface area contributed by atoms with Crippen molar-refractivity contribution in [2.45, 2.75) is 19.8 Å². The van der Waals surface area contributed by atoms with Crippen molar-refractivity contribution in [3.63, 3.8) is 0 Å². The van der Waals surface area contributed by atoms with Crippen LogP contribution < -0.4 is 5.32 Å². The Morgan fingerprint density at radius 2 is 2.11 bits per heavy atom. The Morgan fingerprint density at radius 1 is 1.42 bits per heavy atom. The number of aromatic nitrogens is 1. The number of nitrogens with one attached hydrogen (secondary N) is 1. The molecule has 0 saturated carbocycles. The maximum atomic E-state index is 12.1. The van der Waals surface area contributed by atoms with Crippen LogP contribution in [0.15, 0.2) is 12.1 Å². The lowest BCUT2D eigenvalue weighted by Gasteiger charge is -2.33. The Kier molecular flexibility index (Phi) is 4.66. The van der Waals surface area contributed by atoms with E-state index in [4.69, 9.17) is 27.9 Å². The van der Waals surface area contributed by atoms with Gasteiger partial charge in [-0.25, -0.2) is 4.98 Å². The van der Waals surface area contributed by atoms with Gasteiger partial charge in [0.15, 0.2) is 0 Å². The quantitative estimate of drug-likeness (QED) is 0.874. The Labute approximate surface area is 122 Å². The molecule has 0 atom stereocenters. The Bertz CT molecular complexity index is 474. The SMILES string of the molecule is CC1(CNC(=O)c2nc(Cl)ccc2Cl)CCOCC1. The molecule has 104 valence electrons. The lowest BCUT2D eigenvalue weighted by molar-refractivity contribution is 0.0238. The standard InChI is InChI=1S/C13H16Cl2N2O2/c1-13(4-6-19-7-5-13)8-16-12(18)11-9(14)2-3-10(15)17-11/h2-3H,4-8H2,1H3,(H,16,18). The van der Waals surface area contributed by atoms with Crippen LogP contribution in [0.25, 0.3) is 0 Å². The van der Waals surface area contributed by atoms with Crippen LogP contribution in [0.5, 0.6) is 0 Å². The minimum atomic E-state index is -0.291. The lowest BCUT2D eigenvalue weighted by Crippen LogP contribution is -2.39. The summed E-state index contributed by atoms with van der Waals surface area (Å²) in [6.07, 6.45) is 1.87. The van der Waals surface area contributed by atoms with Gasteiger partial charge >= 0.3 is 0 Å². The number of halogens is 2. The van der Waals surface area contributed by atoms with Crippen LogP contribution in [-0.4, -0.2) is 30.6 Å². The van der Waals surface area contributed by atoms with Gasteiger partial charge in [-0.15, -0.1) is 0 Å². The van der Waals surface area contributed by atoms with Crippen LogP contribution >= 0.6 is 23.2 Å². The largest absolute Gasteiger partial charge is 0.381 e. The van der Waals surface area contributed by atoms with Gasteiger partial charge in [0.25, 0.3) is 5.91 Å². The van der Waals surface area contributed by atoms with Crippen LogP contribution in [0, 0.1) is 5.41 Å². The number of amides is 1. The van der Waals surface area contributed by atoms with E-state index in [2.05, 4.69) is 17.2 Å². The van der Waals surface area contributed by atoms with Gasteiger partial charge in [0, 0.05) is 19.8 Å². The summed E-state index contributed by atoms with van der Waals surface area (Å²) in [4.78, 5) is 16.0. The molecule has 1 fully saturated rings. The van der Waals surface area contributed by atoms with Gasteiger partial charge in [0.1, 0.15) is 10.8 Å². The number of rotatable bonds is 3. The number of hydrogen-bond acceptors (Lipinski definition) is 3. The van der Waals surface area contributed by atoms with E-state index < -0.39 is 0 Å². The van der Waals surface area contributed by atoms with Gasteiger partial charge in [0.05, 0.1) is 5.02 Å². The molecule has 1 aromatic rings. The molecule has 6 heteroatoms. The summed E-state index contributed by atoms with van der Waals surface area (Å²) in [5.41, 5.74) is 0.240. The second-order valence-corrected chi connectivity index (χ2v) is 5.86. The van der Waals surface area contributed by atoms with Crippen molar-refractivity contribution >= 4 is 29.1 Å². The molecule has 19 heavy (non-hydrogen) atoms. The second kappa shape index (κ2) is 6.07. The molecule has 4 nitrogen and oxygen atoms in total. The third-order valence-electron chi connectivity index (χ3n) is 3.40. The van der Waals surface area contributed by atoms with E-state index in [0.717, 1.165) is 26.1 Å². The summed E-state index contributed by atoms with van der Waals surface area (Å²) in [5, 5.41) is 3.44. The molecule has 0 aromatic carbocycles. The van der Waals surface area contributed by atoms with Gasteiger partial charge in [-0.2, -0.15) is 0 Å². The van der Waals surface area contributed by atoms with Crippen molar-refractivity contribution in [2.75, 3.05) is 19.8 Å². The molecular weight excluding hydrogens is 287 g/mol. The highest BCUT2D eigenvalue weighted by atomic mass is 35.5. The topological polar surface area (TPSA) is 51.2 Å². The average molecular weight is 303 g/mol. The molecule has 1 saturated heterocycles. The molecular formula is C13H16Cl2N2O2. The molecule has 2 heterocycles. The first kappa shape index (κ1) is 14.6. The van der Waals surface area contributed by atoms with Gasteiger partial charge in [0.2, 0.25) is 0 Å². The molecule has 2 rings (SSSR count). The zero-order valence-electron chi connectivity index (χ0n) is 10.7. The Morgan fingerprint density at radius 3 is 2.79 bits per heavy atom. The molecule has 0 aliphatic carbocycles. The van der Waals surface area contributed by atoms with Gasteiger partial charge in [-0.3, -0.25) is 4.79 Å². The summed E-state index contributed by atoms with van der Waals surface area (Å²) in [6.45, 7) is 4.20. The van der Waals surface area contributed by atoms with Crippen molar-refractivity contribution in [3.8, 4) is 0 Å². The van der Waals surface area contributed by atoms with Crippen molar-refractivity contribution in [1.29, 1.82) is 0 Å². The summed E-state index contributed by atoms with van der Waals surface area (Å²) < 4.78 is 5.33. The van der Waals surface area contributed by atoms with Gasteiger partial charge in [-0.05, 0) is 30.4 Å². The zero-order valence-corrected chi connectivity index (χ0v) is 12.2. The predicted molar refractivity (Wildman–Crippen MR) is 74.8 cm³/mol. The fourth-order valence-electron chi connectivity index (χ4n) is 2.00. The van der Waals surface area contributed by atoms with E-state index in [1.54, 1.807) is 12.1 Å². The predicted octanol–water partition coefficient (Wildman–Crippen LogP) is 2.93. The minimum absolute atomic E-state index is 0.0684. The van der Waals surface area contributed by atoms with Crippen molar-refractivity contribution < 1.29 is 9.53 Å². The number of ether oxygens (including phenoxy) is 1. The highest BCUT2D eigenvalue weighted by molar-refractivity contribution is 6.34. The number of hydrogen-bond donors (Lipinski definition) is 1. The first-order valence-electron chi connectivity index (χ1n) is 6.18. The molecule has 0 spiro atoms. The zero-order chi connectivity index (χ0) is 13.9. The third-order valence-corrected chi connectivity index (χ3v) is 3.92. The Hall–Kier alpha value is -0.840.